The second-order valence-corrected chi connectivity index (χ2v) is 7.79. The van der Waals surface area contributed by atoms with Crippen molar-refractivity contribution in [2.45, 2.75) is 43.7 Å². The summed E-state index contributed by atoms with van der Waals surface area (Å²) in [5, 5.41) is 3.54. The van der Waals surface area contributed by atoms with E-state index in [-0.39, 0.29) is 5.60 Å². The molecule has 0 aliphatic carbocycles. The van der Waals surface area contributed by atoms with Crippen molar-refractivity contribution >= 4 is 5.95 Å². The van der Waals surface area contributed by atoms with Gasteiger partial charge in [0.05, 0.1) is 18.2 Å². The summed E-state index contributed by atoms with van der Waals surface area (Å²) in [6.07, 6.45) is 10.1. The van der Waals surface area contributed by atoms with Crippen LogP contribution in [0.25, 0.3) is 0 Å². The molecule has 4 heterocycles. The molecule has 0 radical (unpaired) electrons. The summed E-state index contributed by atoms with van der Waals surface area (Å²) in [6, 6.07) is 0.391. The number of nitrogens with zero attached hydrogens (tertiary/aromatic N) is 4. The lowest BCUT2D eigenvalue weighted by Crippen LogP contribution is -2.46. The number of piperidine rings is 1. The fourth-order valence-corrected chi connectivity index (χ4v) is 4.45. The zero-order valence-corrected chi connectivity index (χ0v) is 14.9. The number of anilines is 1. The standard InChI is InChI=1S/C18H31N5O/c1-21-11-6-19-17(21)20-16-14-18(24-15-16)4-9-23(10-5-18)13-12-22-7-2-3-8-22/h6,11,16H,2-5,7-10,12-15H2,1H3,(H,19,20). The molecule has 24 heavy (non-hydrogen) atoms. The first-order chi connectivity index (χ1) is 11.7. The third kappa shape index (κ3) is 3.60. The molecule has 6 nitrogen and oxygen atoms in total. The predicted molar refractivity (Wildman–Crippen MR) is 95.3 cm³/mol. The number of likely N-dealkylation sites (tertiary alicyclic amines) is 2. The van der Waals surface area contributed by atoms with Gasteiger partial charge in [-0.05, 0) is 45.2 Å². The minimum Gasteiger partial charge on any atom is -0.373 e. The van der Waals surface area contributed by atoms with Crippen LogP contribution in [0.3, 0.4) is 0 Å². The number of aromatic nitrogens is 2. The highest BCUT2D eigenvalue weighted by molar-refractivity contribution is 5.28. The highest BCUT2D eigenvalue weighted by Crippen LogP contribution is 2.36. The second-order valence-electron chi connectivity index (χ2n) is 7.79. The van der Waals surface area contributed by atoms with E-state index in [1.807, 2.05) is 24.0 Å². The summed E-state index contributed by atoms with van der Waals surface area (Å²) in [5.74, 6) is 0.948. The van der Waals surface area contributed by atoms with Gasteiger partial charge < -0.3 is 24.4 Å². The van der Waals surface area contributed by atoms with E-state index in [4.69, 9.17) is 4.74 Å². The molecule has 1 atom stereocenters. The van der Waals surface area contributed by atoms with Gasteiger partial charge in [-0.15, -0.1) is 0 Å². The van der Waals surface area contributed by atoms with Crippen LogP contribution in [0.2, 0.25) is 0 Å². The molecular weight excluding hydrogens is 302 g/mol. The van der Waals surface area contributed by atoms with Gasteiger partial charge in [-0.2, -0.15) is 0 Å². The summed E-state index contributed by atoms with van der Waals surface area (Å²) in [4.78, 5) is 9.62. The van der Waals surface area contributed by atoms with Crippen molar-refractivity contribution in [3.63, 3.8) is 0 Å². The van der Waals surface area contributed by atoms with Gasteiger partial charge in [0.15, 0.2) is 0 Å². The maximum absolute atomic E-state index is 6.27. The Hall–Kier alpha value is -1.11. The van der Waals surface area contributed by atoms with Gasteiger partial charge in [0.2, 0.25) is 5.95 Å². The van der Waals surface area contributed by atoms with Gasteiger partial charge in [-0.3, -0.25) is 0 Å². The Kier molecular flexibility index (Phi) is 4.79. The first-order valence-corrected chi connectivity index (χ1v) is 9.55. The Morgan fingerprint density at radius 3 is 2.54 bits per heavy atom. The smallest absolute Gasteiger partial charge is 0.202 e. The van der Waals surface area contributed by atoms with Gasteiger partial charge in [0, 0.05) is 45.6 Å². The Morgan fingerprint density at radius 2 is 1.88 bits per heavy atom. The summed E-state index contributed by atoms with van der Waals surface area (Å²) < 4.78 is 8.31. The van der Waals surface area contributed by atoms with E-state index in [1.54, 1.807) is 0 Å². The Labute approximate surface area is 145 Å². The van der Waals surface area contributed by atoms with Crippen molar-refractivity contribution in [1.29, 1.82) is 0 Å². The van der Waals surface area contributed by atoms with Crippen molar-refractivity contribution in [2.24, 2.45) is 7.05 Å². The lowest BCUT2D eigenvalue weighted by molar-refractivity contribution is -0.0441. The quantitative estimate of drug-likeness (QED) is 0.886. The minimum absolute atomic E-state index is 0.104. The first kappa shape index (κ1) is 16.4. The van der Waals surface area contributed by atoms with Crippen molar-refractivity contribution in [3.8, 4) is 0 Å². The highest BCUT2D eigenvalue weighted by atomic mass is 16.5. The van der Waals surface area contributed by atoms with E-state index in [0.29, 0.717) is 6.04 Å². The Bertz CT molecular complexity index is 531. The number of aryl methyl sites for hydroxylation is 1. The number of nitrogens with one attached hydrogen (secondary N) is 1. The van der Waals surface area contributed by atoms with Crippen LogP contribution < -0.4 is 5.32 Å². The number of rotatable bonds is 5. The first-order valence-electron chi connectivity index (χ1n) is 9.55. The molecule has 1 N–H and O–H groups in total. The molecular formula is C18H31N5O. The number of hydrogen-bond donors (Lipinski definition) is 1. The molecule has 3 aliphatic rings. The zero-order chi connectivity index (χ0) is 16.4. The zero-order valence-electron chi connectivity index (χ0n) is 14.9. The maximum atomic E-state index is 6.27. The van der Waals surface area contributed by atoms with Gasteiger partial charge in [0.25, 0.3) is 0 Å². The SMILES string of the molecule is Cn1ccnc1NC1COC2(CCN(CCN3CCCC3)CC2)C1. The van der Waals surface area contributed by atoms with Crippen LogP contribution in [-0.2, 0) is 11.8 Å². The van der Waals surface area contributed by atoms with Crippen LogP contribution in [0.5, 0.6) is 0 Å². The third-order valence-electron chi connectivity index (χ3n) is 6.06. The predicted octanol–water partition coefficient (Wildman–Crippen LogP) is 1.55. The molecule has 1 aromatic rings. The van der Waals surface area contributed by atoms with E-state index >= 15 is 0 Å². The average molecular weight is 333 g/mol. The van der Waals surface area contributed by atoms with Crippen LogP contribution in [0.15, 0.2) is 12.4 Å². The summed E-state index contributed by atoms with van der Waals surface area (Å²) in [5.41, 5.74) is 0.104. The lowest BCUT2D eigenvalue weighted by atomic mass is 9.87. The fraction of sp³-hybridized carbons (Fsp3) is 0.833. The maximum Gasteiger partial charge on any atom is 0.202 e. The number of ether oxygens (including phenoxy) is 1. The molecule has 3 saturated heterocycles. The molecule has 1 unspecified atom stereocenters. The second kappa shape index (κ2) is 7.02. The minimum atomic E-state index is 0.104. The topological polar surface area (TPSA) is 45.6 Å². The number of hydrogen-bond acceptors (Lipinski definition) is 5. The molecule has 6 heteroatoms. The van der Waals surface area contributed by atoms with E-state index in [1.165, 1.54) is 65.0 Å². The van der Waals surface area contributed by atoms with E-state index in [9.17, 15) is 0 Å². The van der Waals surface area contributed by atoms with E-state index in [2.05, 4.69) is 20.1 Å². The van der Waals surface area contributed by atoms with Crippen molar-refractivity contribution in [3.05, 3.63) is 12.4 Å². The van der Waals surface area contributed by atoms with Crippen LogP contribution >= 0.6 is 0 Å². The highest BCUT2D eigenvalue weighted by Gasteiger charge is 2.42. The molecule has 0 bridgehead atoms. The third-order valence-corrected chi connectivity index (χ3v) is 6.06. The number of imidazole rings is 1. The summed E-state index contributed by atoms with van der Waals surface area (Å²) in [6.45, 7) is 8.26. The fourth-order valence-electron chi connectivity index (χ4n) is 4.45. The van der Waals surface area contributed by atoms with Gasteiger partial charge >= 0.3 is 0 Å². The Morgan fingerprint density at radius 1 is 1.17 bits per heavy atom. The van der Waals surface area contributed by atoms with Crippen LogP contribution in [-0.4, -0.2) is 76.9 Å². The van der Waals surface area contributed by atoms with Crippen LogP contribution in [0, 0.1) is 0 Å². The lowest BCUT2D eigenvalue weighted by Gasteiger charge is -2.39. The molecule has 0 amide bonds. The van der Waals surface area contributed by atoms with Crippen LogP contribution in [0.4, 0.5) is 5.95 Å². The molecule has 1 aromatic heterocycles. The molecule has 1 spiro atoms. The molecule has 0 saturated carbocycles. The van der Waals surface area contributed by atoms with Gasteiger partial charge in [-0.1, -0.05) is 0 Å². The largest absolute Gasteiger partial charge is 0.373 e. The van der Waals surface area contributed by atoms with Crippen molar-refractivity contribution in [1.82, 2.24) is 19.4 Å². The molecule has 134 valence electrons. The van der Waals surface area contributed by atoms with Crippen LogP contribution in [0.1, 0.15) is 32.1 Å². The van der Waals surface area contributed by atoms with Gasteiger partial charge in [0.1, 0.15) is 0 Å². The van der Waals surface area contributed by atoms with E-state index in [0.717, 1.165) is 19.0 Å². The molecule has 4 rings (SSSR count). The van der Waals surface area contributed by atoms with E-state index < -0.39 is 0 Å². The molecule has 0 aromatic carbocycles. The normalized spacial score (nSPS) is 28.0. The van der Waals surface area contributed by atoms with Crippen molar-refractivity contribution < 1.29 is 4.74 Å². The van der Waals surface area contributed by atoms with Gasteiger partial charge in [-0.25, -0.2) is 4.98 Å². The molecule has 3 aliphatic heterocycles. The summed E-state index contributed by atoms with van der Waals surface area (Å²) >= 11 is 0. The molecule has 3 fully saturated rings. The average Bonchev–Trinajstić information content (AvgIpc) is 3.32. The van der Waals surface area contributed by atoms with Crippen molar-refractivity contribution in [2.75, 3.05) is 51.2 Å². The summed E-state index contributed by atoms with van der Waals surface area (Å²) in [7, 11) is 2.03. The monoisotopic (exact) mass is 333 g/mol. The Balaban J connectivity index is 1.22.